The first kappa shape index (κ1) is 17.4. The van der Waals surface area contributed by atoms with Crippen LogP contribution in [0.5, 0.6) is 0 Å². The first-order chi connectivity index (χ1) is 11.6. The van der Waals surface area contributed by atoms with Crippen molar-refractivity contribution in [1.82, 2.24) is 0 Å². The monoisotopic (exact) mass is 342 g/mol. The third-order valence-corrected chi connectivity index (χ3v) is 5.50. The fourth-order valence-electron chi connectivity index (χ4n) is 4.05. The summed E-state index contributed by atoms with van der Waals surface area (Å²) in [6.07, 6.45) is 2.75. The summed E-state index contributed by atoms with van der Waals surface area (Å²) in [5.74, 6) is -1.41. The van der Waals surface area contributed by atoms with E-state index in [1.807, 2.05) is 19.9 Å². The van der Waals surface area contributed by atoms with Gasteiger partial charge < -0.3 is 15.3 Å². The van der Waals surface area contributed by atoms with Gasteiger partial charge in [0.2, 0.25) is 5.78 Å². The molecule has 25 heavy (non-hydrogen) atoms. The standard InChI is InChI=1S/C20H22O5/c1-9(21)7-13-17(23)12-5-6-14-10(2)11(3)15(22)8-20(14,4)16(12)19(25)18(13)24/h5-6,9,21,23,25H,7-8H2,1-4H3/t9-,20-/m0/s1. The molecule has 132 valence electrons. The van der Waals surface area contributed by atoms with Crippen LogP contribution in [0.15, 0.2) is 57.1 Å². The van der Waals surface area contributed by atoms with Crippen LogP contribution in [0.3, 0.4) is 0 Å². The minimum atomic E-state index is -0.866. The van der Waals surface area contributed by atoms with Gasteiger partial charge in [0.1, 0.15) is 5.76 Å². The predicted octanol–water partition coefficient (Wildman–Crippen LogP) is 3.15. The summed E-state index contributed by atoms with van der Waals surface area (Å²) in [7, 11) is 0. The summed E-state index contributed by atoms with van der Waals surface area (Å²) in [6.45, 7) is 6.95. The van der Waals surface area contributed by atoms with Gasteiger partial charge in [0.15, 0.2) is 11.5 Å². The third kappa shape index (κ3) is 2.34. The SMILES string of the molecule is CC1=C(C)C2=CC=C3C(O)=C(C[C@H](C)O)C(=O)C(O)=C3[C@@]2(C)CC1=O. The smallest absolute Gasteiger partial charge is 0.227 e. The van der Waals surface area contributed by atoms with E-state index in [1.165, 1.54) is 6.92 Å². The van der Waals surface area contributed by atoms with Gasteiger partial charge in [-0.25, -0.2) is 0 Å². The largest absolute Gasteiger partial charge is 0.507 e. The topological polar surface area (TPSA) is 94.8 Å². The molecule has 0 saturated carbocycles. The number of carbonyl (C=O) groups excluding carboxylic acids is 2. The Morgan fingerprint density at radius 1 is 1.12 bits per heavy atom. The van der Waals surface area contributed by atoms with Gasteiger partial charge in [0.05, 0.1) is 6.10 Å². The summed E-state index contributed by atoms with van der Waals surface area (Å²) in [5.41, 5.74) is 2.15. The van der Waals surface area contributed by atoms with E-state index in [1.54, 1.807) is 13.0 Å². The molecular formula is C20H22O5. The second kappa shape index (κ2) is 5.56. The fraction of sp³-hybridized carbons (Fsp3) is 0.400. The van der Waals surface area contributed by atoms with Crippen LogP contribution >= 0.6 is 0 Å². The zero-order valence-corrected chi connectivity index (χ0v) is 14.8. The number of aliphatic hydroxyl groups is 3. The molecule has 0 fully saturated rings. The van der Waals surface area contributed by atoms with Crippen LogP contribution in [-0.4, -0.2) is 33.0 Å². The lowest BCUT2D eigenvalue weighted by Crippen LogP contribution is -2.37. The van der Waals surface area contributed by atoms with E-state index in [0.29, 0.717) is 16.7 Å². The van der Waals surface area contributed by atoms with Crippen LogP contribution in [0.25, 0.3) is 0 Å². The van der Waals surface area contributed by atoms with Crippen LogP contribution in [0.1, 0.15) is 40.5 Å². The molecule has 0 aromatic heterocycles. The van der Waals surface area contributed by atoms with E-state index in [2.05, 4.69) is 0 Å². The maximum atomic E-state index is 12.6. The Hall–Kier alpha value is -2.40. The second-order valence-corrected chi connectivity index (χ2v) is 7.28. The number of hydrogen-bond donors (Lipinski definition) is 3. The van der Waals surface area contributed by atoms with Crippen molar-refractivity contribution in [2.75, 3.05) is 0 Å². The van der Waals surface area contributed by atoms with Crippen molar-refractivity contribution in [2.24, 2.45) is 5.41 Å². The van der Waals surface area contributed by atoms with E-state index in [-0.39, 0.29) is 30.0 Å². The van der Waals surface area contributed by atoms with Crippen LogP contribution in [0.4, 0.5) is 0 Å². The molecule has 0 unspecified atom stereocenters. The maximum Gasteiger partial charge on any atom is 0.227 e. The lowest BCUT2D eigenvalue weighted by molar-refractivity contribution is -0.118. The highest BCUT2D eigenvalue weighted by atomic mass is 16.3. The van der Waals surface area contributed by atoms with Gasteiger partial charge in [0.25, 0.3) is 0 Å². The summed E-state index contributed by atoms with van der Waals surface area (Å²) < 4.78 is 0. The highest BCUT2D eigenvalue weighted by molar-refractivity contribution is 6.11. The van der Waals surface area contributed by atoms with E-state index >= 15 is 0 Å². The van der Waals surface area contributed by atoms with Crippen molar-refractivity contribution in [3.05, 3.63) is 57.1 Å². The average Bonchev–Trinajstić information content (AvgIpc) is 2.53. The Labute approximate surface area is 146 Å². The summed E-state index contributed by atoms with van der Waals surface area (Å²) in [5, 5.41) is 30.8. The number of carbonyl (C=O) groups is 2. The first-order valence-corrected chi connectivity index (χ1v) is 8.32. The van der Waals surface area contributed by atoms with E-state index in [9.17, 15) is 24.9 Å². The van der Waals surface area contributed by atoms with Gasteiger partial charge in [-0.1, -0.05) is 19.1 Å². The first-order valence-electron chi connectivity index (χ1n) is 8.32. The van der Waals surface area contributed by atoms with Crippen LogP contribution < -0.4 is 0 Å². The van der Waals surface area contributed by atoms with E-state index in [0.717, 1.165) is 11.1 Å². The molecule has 0 radical (unpaired) electrons. The quantitative estimate of drug-likeness (QED) is 0.716. The Balaban J connectivity index is 2.26. The van der Waals surface area contributed by atoms with Gasteiger partial charge >= 0.3 is 0 Å². The Morgan fingerprint density at radius 3 is 2.36 bits per heavy atom. The lowest BCUT2D eigenvalue weighted by atomic mass is 9.59. The van der Waals surface area contributed by atoms with Gasteiger partial charge in [-0.2, -0.15) is 0 Å². The average molecular weight is 342 g/mol. The molecule has 3 rings (SSSR count). The molecule has 5 heteroatoms. The molecule has 0 amide bonds. The van der Waals surface area contributed by atoms with Crippen LogP contribution in [0.2, 0.25) is 0 Å². The van der Waals surface area contributed by atoms with Crippen molar-refractivity contribution < 1.29 is 24.9 Å². The normalized spacial score (nSPS) is 27.9. The molecule has 3 aliphatic carbocycles. The molecule has 2 atom stereocenters. The number of allylic oxidation sites excluding steroid dienone is 7. The molecular weight excluding hydrogens is 320 g/mol. The highest BCUT2D eigenvalue weighted by Gasteiger charge is 2.48. The van der Waals surface area contributed by atoms with Crippen molar-refractivity contribution in [2.45, 2.75) is 46.6 Å². The Morgan fingerprint density at radius 2 is 1.76 bits per heavy atom. The molecule has 0 aromatic carbocycles. The highest BCUT2D eigenvalue weighted by Crippen LogP contribution is 2.54. The Kier molecular flexibility index (Phi) is 3.88. The van der Waals surface area contributed by atoms with E-state index in [4.69, 9.17) is 0 Å². The van der Waals surface area contributed by atoms with Gasteiger partial charge in [-0.3, -0.25) is 9.59 Å². The molecule has 0 heterocycles. The summed E-state index contributed by atoms with van der Waals surface area (Å²) in [6, 6.07) is 0. The Bertz CT molecular complexity index is 861. The molecule has 0 bridgehead atoms. The molecule has 3 N–H and O–H groups in total. The minimum Gasteiger partial charge on any atom is -0.507 e. The van der Waals surface area contributed by atoms with Gasteiger partial charge in [-0.05, 0) is 37.5 Å². The number of aliphatic hydroxyl groups excluding tert-OH is 3. The number of rotatable bonds is 2. The summed E-state index contributed by atoms with van der Waals surface area (Å²) in [4.78, 5) is 25.0. The molecule has 0 spiro atoms. The molecule has 5 nitrogen and oxygen atoms in total. The molecule has 0 aromatic rings. The van der Waals surface area contributed by atoms with Crippen molar-refractivity contribution >= 4 is 11.6 Å². The summed E-state index contributed by atoms with van der Waals surface area (Å²) >= 11 is 0. The van der Waals surface area contributed by atoms with Crippen molar-refractivity contribution in [3.8, 4) is 0 Å². The lowest BCUT2D eigenvalue weighted by Gasteiger charge is -2.43. The maximum absolute atomic E-state index is 12.6. The van der Waals surface area contributed by atoms with Crippen LogP contribution in [0, 0.1) is 5.41 Å². The van der Waals surface area contributed by atoms with Gasteiger partial charge in [-0.15, -0.1) is 0 Å². The second-order valence-electron chi connectivity index (χ2n) is 7.28. The molecule has 3 aliphatic rings. The van der Waals surface area contributed by atoms with Crippen molar-refractivity contribution in [1.29, 1.82) is 0 Å². The number of ketones is 2. The zero-order chi connectivity index (χ0) is 18.7. The number of Topliss-reactive ketones (excluding diaryl/α,β-unsaturated/α-hetero) is 2. The predicted molar refractivity (Wildman–Crippen MR) is 92.9 cm³/mol. The fourth-order valence-corrected chi connectivity index (χ4v) is 4.05. The number of fused-ring (bicyclic) bond motifs is 3. The third-order valence-electron chi connectivity index (χ3n) is 5.50. The molecule has 0 saturated heterocycles. The van der Waals surface area contributed by atoms with E-state index < -0.39 is 23.1 Å². The number of hydrogen-bond acceptors (Lipinski definition) is 5. The van der Waals surface area contributed by atoms with Crippen LogP contribution in [-0.2, 0) is 9.59 Å². The van der Waals surface area contributed by atoms with Crippen molar-refractivity contribution in [3.63, 3.8) is 0 Å². The van der Waals surface area contributed by atoms with Gasteiger partial charge in [0, 0.05) is 35.0 Å². The minimum absolute atomic E-state index is 0.00599. The molecule has 0 aliphatic heterocycles. The zero-order valence-electron chi connectivity index (χ0n) is 14.8.